The highest BCUT2D eigenvalue weighted by molar-refractivity contribution is 5.79. The highest BCUT2D eigenvalue weighted by Crippen LogP contribution is 2.23. The minimum Gasteiger partial charge on any atom is -0.352 e. The highest BCUT2D eigenvalue weighted by Gasteiger charge is 2.26. The molecule has 0 spiro atoms. The molecule has 0 saturated heterocycles. The SMILES string of the molecule is Cc1ccccc1CC(=O)NC(Cc1ccccc1)C(C)(C)C. The van der Waals surface area contributed by atoms with Gasteiger partial charge in [0.15, 0.2) is 0 Å². The second kappa shape index (κ2) is 7.45. The molecule has 1 unspecified atom stereocenters. The first-order valence-corrected chi connectivity index (χ1v) is 8.24. The second-order valence-electron chi connectivity index (χ2n) is 7.28. The van der Waals surface area contributed by atoms with Gasteiger partial charge in [-0.2, -0.15) is 0 Å². The molecule has 0 radical (unpaired) electrons. The number of aryl methyl sites for hydroxylation is 1. The third kappa shape index (κ3) is 5.24. The van der Waals surface area contributed by atoms with Crippen LogP contribution in [0.15, 0.2) is 54.6 Å². The molecule has 0 aliphatic rings. The molecule has 0 bridgehead atoms. The molecule has 2 heteroatoms. The fourth-order valence-corrected chi connectivity index (χ4v) is 2.65. The standard InChI is InChI=1S/C21H27NO/c1-16-10-8-9-13-18(16)15-20(23)22-19(21(2,3)4)14-17-11-6-5-7-12-17/h5-13,19H,14-15H2,1-4H3,(H,22,23). The van der Waals surface area contributed by atoms with Crippen molar-refractivity contribution in [1.82, 2.24) is 5.32 Å². The lowest BCUT2D eigenvalue weighted by atomic mass is 9.83. The van der Waals surface area contributed by atoms with Crippen LogP contribution in [-0.2, 0) is 17.6 Å². The lowest BCUT2D eigenvalue weighted by Crippen LogP contribution is -2.45. The van der Waals surface area contributed by atoms with Crippen LogP contribution in [0.2, 0.25) is 0 Å². The molecule has 2 nitrogen and oxygen atoms in total. The Kier molecular flexibility index (Phi) is 5.59. The summed E-state index contributed by atoms with van der Waals surface area (Å²) >= 11 is 0. The molecule has 1 amide bonds. The largest absolute Gasteiger partial charge is 0.352 e. The molecular weight excluding hydrogens is 282 g/mol. The minimum absolute atomic E-state index is 0.0111. The Balaban J connectivity index is 2.06. The van der Waals surface area contributed by atoms with Crippen LogP contribution in [0.3, 0.4) is 0 Å². The average molecular weight is 309 g/mol. The van der Waals surface area contributed by atoms with Crippen molar-refractivity contribution in [3.8, 4) is 0 Å². The number of nitrogens with one attached hydrogen (secondary N) is 1. The molecule has 0 aliphatic heterocycles. The molecule has 0 aromatic heterocycles. The lowest BCUT2D eigenvalue weighted by molar-refractivity contribution is -0.121. The van der Waals surface area contributed by atoms with Crippen LogP contribution in [0.4, 0.5) is 0 Å². The third-order valence-corrected chi connectivity index (χ3v) is 4.28. The maximum absolute atomic E-state index is 12.5. The van der Waals surface area contributed by atoms with Gasteiger partial charge in [-0.15, -0.1) is 0 Å². The van der Waals surface area contributed by atoms with E-state index < -0.39 is 0 Å². The van der Waals surface area contributed by atoms with Crippen molar-refractivity contribution in [2.75, 3.05) is 0 Å². The minimum atomic E-state index is 0.0111. The van der Waals surface area contributed by atoms with Crippen molar-refractivity contribution in [2.45, 2.75) is 46.6 Å². The van der Waals surface area contributed by atoms with Gasteiger partial charge >= 0.3 is 0 Å². The predicted molar refractivity (Wildman–Crippen MR) is 96.4 cm³/mol. The fraction of sp³-hybridized carbons (Fsp3) is 0.381. The molecule has 23 heavy (non-hydrogen) atoms. The monoisotopic (exact) mass is 309 g/mol. The number of amides is 1. The summed E-state index contributed by atoms with van der Waals surface area (Å²) in [7, 11) is 0. The molecular formula is C21H27NO. The van der Waals surface area contributed by atoms with E-state index in [0.29, 0.717) is 6.42 Å². The van der Waals surface area contributed by atoms with Gasteiger partial charge < -0.3 is 5.32 Å². The number of carbonyl (C=O) groups excluding carboxylic acids is 1. The lowest BCUT2D eigenvalue weighted by Gasteiger charge is -2.32. The van der Waals surface area contributed by atoms with Crippen molar-refractivity contribution in [1.29, 1.82) is 0 Å². The molecule has 122 valence electrons. The van der Waals surface area contributed by atoms with E-state index in [-0.39, 0.29) is 17.4 Å². The molecule has 1 N–H and O–H groups in total. The molecule has 2 rings (SSSR count). The van der Waals surface area contributed by atoms with Crippen molar-refractivity contribution >= 4 is 5.91 Å². The van der Waals surface area contributed by atoms with Gasteiger partial charge in [-0.25, -0.2) is 0 Å². The normalized spacial score (nSPS) is 12.7. The number of carbonyl (C=O) groups is 1. The van der Waals surface area contributed by atoms with Crippen molar-refractivity contribution in [3.05, 3.63) is 71.3 Å². The number of benzene rings is 2. The van der Waals surface area contributed by atoms with E-state index in [1.165, 1.54) is 5.56 Å². The van der Waals surface area contributed by atoms with Gasteiger partial charge in [0.25, 0.3) is 0 Å². The summed E-state index contributed by atoms with van der Waals surface area (Å²) in [4.78, 5) is 12.5. The Morgan fingerprint density at radius 3 is 2.22 bits per heavy atom. The topological polar surface area (TPSA) is 29.1 Å². The molecule has 0 fully saturated rings. The molecule has 2 aromatic rings. The maximum atomic E-state index is 12.5. The highest BCUT2D eigenvalue weighted by atomic mass is 16.1. The summed E-state index contributed by atoms with van der Waals surface area (Å²) in [5, 5.41) is 3.24. The van der Waals surface area contributed by atoms with Crippen molar-refractivity contribution in [2.24, 2.45) is 5.41 Å². The van der Waals surface area contributed by atoms with Gasteiger partial charge in [0.2, 0.25) is 5.91 Å². The Morgan fingerprint density at radius 2 is 1.61 bits per heavy atom. The second-order valence-corrected chi connectivity index (χ2v) is 7.28. The Hall–Kier alpha value is -2.09. The summed E-state index contributed by atoms with van der Waals surface area (Å²) in [5.41, 5.74) is 3.52. The number of rotatable bonds is 5. The maximum Gasteiger partial charge on any atom is 0.224 e. The van der Waals surface area contributed by atoms with Gasteiger partial charge in [0.1, 0.15) is 0 Å². The number of hydrogen-bond donors (Lipinski definition) is 1. The van der Waals surface area contributed by atoms with E-state index in [4.69, 9.17) is 0 Å². The van der Waals surface area contributed by atoms with Crippen molar-refractivity contribution < 1.29 is 4.79 Å². The molecule has 1 atom stereocenters. The first kappa shape index (κ1) is 17.3. The quantitative estimate of drug-likeness (QED) is 0.876. The predicted octanol–water partition coefficient (Wildman–Crippen LogP) is 4.31. The zero-order chi connectivity index (χ0) is 16.9. The van der Waals surface area contributed by atoms with Crippen LogP contribution in [-0.4, -0.2) is 11.9 Å². The van der Waals surface area contributed by atoms with Gasteiger partial charge in [-0.05, 0) is 35.4 Å². The van der Waals surface area contributed by atoms with Gasteiger partial charge in [0.05, 0.1) is 6.42 Å². The summed E-state index contributed by atoms with van der Waals surface area (Å²) < 4.78 is 0. The van der Waals surface area contributed by atoms with Crippen LogP contribution in [0.5, 0.6) is 0 Å². The van der Waals surface area contributed by atoms with Crippen LogP contribution >= 0.6 is 0 Å². The zero-order valence-corrected chi connectivity index (χ0v) is 14.6. The van der Waals surface area contributed by atoms with E-state index in [2.05, 4.69) is 38.2 Å². The van der Waals surface area contributed by atoms with Gasteiger partial charge in [0, 0.05) is 6.04 Å². The Morgan fingerprint density at radius 1 is 1.00 bits per heavy atom. The van der Waals surface area contributed by atoms with E-state index in [1.54, 1.807) is 0 Å². The summed E-state index contributed by atoms with van der Waals surface area (Å²) in [6, 6.07) is 18.5. The van der Waals surface area contributed by atoms with Gasteiger partial charge in [-0.3, -0.25) is 4.79 Å². The van der Waals surface area contributed by atoms with E-state index in [0.717, 1.165) is 17.5 Å². The molecule has 0 aliphatic carbocycles. The van der Waals surface area contributed by atoms with E-state index in [1.807, 2.05) is 49.4 Å². The van der Waals surface area contributed by atoms with Crippen LogP contribution in [0, 0.1) is 12.3 Å². The molecule has 0 heterocycles. The van der Waals surface area contributed by atoms with E-state index >= 15 is 0 Å². The van der Waals surface area contributed by atoms with E-state index in [9.17, 15) is 4.79 Å². The van der Waals surface area contributed by atoms with Crippen LogP contribution < -0.4 is 5.32 Å². The summed E-state index contributed by atoms with van der Waals surface area (Å²) in [5.74, 6) is 0.0927. The van der Waals surface area contributed by atoms with Crippen molar-refractivity contribution in [3.63, 3.8) is 0 Å². The first-order valence-electron chi connectivity index (χ1n) is 8.24. The smallest absolute Gasteiger partial charge is 0.224 e. The summed E-state index contributed by atoms with van der Waals surface area (Å²) in [6.45, 7) is 8.58. The third-order valence-electron chi connectivity index (χ3n) is 4.28. The first-order chi connectivity index (χ1) is 10.9. The van der Waals surface area contributed by atoms with Gasteiger partial charge in [-0.1, -0.05) is 75.4 Å². The molecule has 0 saturated carbocycles. The average Bonchev–Trinajstić information content (AvgIpc) is 2.49. The fourth-order valence-electron chi connectivity index (χ4n) is 2.65. The van der Waals surface area contributed by atoms with Crippen LogP contribution in [0.25, 0.3) is 0 Å². The summed E-state index contributed by atoms with van der Waals surface area (Å²) in [6.07, 6.45) is 1.29. The zero-order valence-electron chi connectivity index (χ0n) is 14.6. The molecule has 2 aromatic carbocycles. The van der Waals surface area contributed by atoms with Crippen LogP contribution in [0.1, 0.15) is 37.5 Å². The number of hydrogen-bond acceptors (Lipinski definition) is 1. The Labute approximate surface area is 139 Å². The Bertz CT molecular complexity index is 640.